The van der Waals surface area contributed by atoms with E-state index in [1.807, 2.05) is 0 Å². The fourth-order valence-corrected chi connectivity index (χ4v) is 2.66. The molecule has 0 saturated heterocycles. The van der Waals surface area contributed by atoms with Gasteiger partial charge >= 0.3 is 7.60 Å². The molecule has 0 fully saturated rings. The molecule has 0 aliphatic rings. The summed E-state index contributed by atoms with van der Waals surface area (Å²) in [5, 5.41) is 0.875. The SMILES string of the molecule is Br.CCCCCCCCCCCCP(=O)(O)O.CON(OC)OC. The van der Waals surface area contributed by atoms with Gasteiger partial charge in [0, 0.05) is 6.16 Å². The van der Waals surface area contributed by atoms with Crippen molar-refractivity contribution in [2.75, 3.05) is 27.5 Å². The van der Waals surface area contributed by atoms with Gasteiger partial charge in [0.1, 0.15) is 0 Å². The molecule has 0 aromatic heterocycles. The van der Waals surface area contributed by atoms with Crippen LogP contribution in [-0.4, -0.2) is 42.7 Å². The quantitative estimate of drug-likeness (QED) is 0.232. The second kappa shape index (κ2) is 21.5. The van der Waals surface area contributed by atoms with Crippen LogP contribution in [-0.2, 0) is 19.1 Å². The van der Waals surface area contributed by atoms with Crippen LogP contribution < -0.4 is 0 Å². The van der Waals surface area contributed by atoms with Gasteiger partial charge in [-0.2, -0.15) is 0 Å². The van der Waals surface area contributed by atoms with Crippen molar-refractivity contribution >= 4 is 24.6 Å². The first-order valence-corrected chi connectivity index (χ1v) is 10.2. The molecule has 0 heterocycles. The van der Waals surface area contributed by atoms with E-state index in [4.69, 9.17) is 9.79 Å². The van der Waals surface area contributed by atoms with E-state index in [0.717, 1.165) is 18.2 Å². The molecule has 0 rings (SSSR count). The van der Waals surface area contributed by atoms with Crippen LogP contribution in [0.1, 0.15) is 71.1 Å². The summed E-state index contributed by atoms with van der Waals surface area (Å²) in [6.07, 6.45) is 12.0. The Kier molecular flexibility index (Phi) is 26.2. The van der Waals surface area contributed by atoms with E-state index >= 15 is 0 Å². The van der Waals surface area contributed by atoms with E-state index in [0.29, 0.717) is 6.42 Å². The summed E-state index contributed by atoms with van der Waals surface area (Å²) < 4.78 is 10.6. The molecular formula is C15H37BrNO6P. The van der Waals surface area contributed by atoms with Crippen molar-refractivity contribution in [3.05, 3.63) is 0 Å². The molecule has 9 heteroatoms. The summed E-state index contributed by atoms with van der Waals surface area (Å²) in [6.45, 7) is 2.22. The molecule has 0 aromatic rings. The fraction of sp³-hybridized carbons (Fsp3) is 1.00. The summed E-state index contributed by atoms with van der Waals surface area (Å²) in [4.78, 5) is 30.6. The number of halogens is 1. The summed E-state index contributed by atoms with van der Waals surface area (Å²) >= 11 is 0. The van der Waals surface area contributed by atoms with Gasteiger partial charge in [0.2, 0.25) is 0 Å². The molecule has 0 aromatic carbocycles. The van der Waals surface area contributed by atoms with Crippen molar-refractivity contribution in [3.8, 4) is 0 Å². The molecule has 0 spiro atoms. The first kappa shape index (κ1) is 29.2. The first-order chi connectivity index (χ1) is 10.9. The van der Waals surface area contributed by atoms with Crippen molar-refractivity contribution in [3.63, 3.8) is 0 Å². The van der Waals surface area contributed by atoms with Gasteiger partial charge in [-0.25, -0.2) is 0 Å². The Hall–Kier alpha value is 0.470. The van der Waals surface area contributed by atoms with Gasteiger partial charge in [-0.3, -0.25) is 19.1 Å². The van der Waals surface area contributed by atoms with Crippen LogP contribution in [0.3, 0.4) is 0 Å². The average molecular weight is 438 g/mol. The lowest BCUT2D eigenvalue weighted by molar-refractivity contribution is -0.502. The van der Waals surface area contributed by atoms with Gasteiger partial charge in [-0.15, -0.1) is 17.0 Å². The molecule has 0 aliphatic heterocycles. The van der Waals surface area contributed by atoms with E-state index in [9.17, 15) is 4.57 Å². The Morgan fingerprint density at radius 2 is 1.08 bits per heavy atom. The topological polar surface area (TPSA) is 88.5 Å². The zero-order chi connectivity index (χ0) is 18.0. The second-order valence-corrected chi connectivity index (χ2v) is 7.12. The van der Waals surface area contributed by atoms with Crippen LogP contribution in [0.25, 0.3) is 0 Å². The molecular weight excluding hydrogens is 401 g/mol. The first-order valence-electron chi connectivity index (χ1n) is 8.38. The number of nitrogens with zero attached hydrogens (tertiary/aromatic N) is 1. The third-order valence-corrected chi connectivity index (χ3v) is 4.15. The van der Waals surface area contributed by atoms with Gasteiger partial charge in [0.05, 0.1) is 26.7 Å². The Labute approximate surface area is 157 Å². The van der Waals surface area contributed by atoms with Gasteiger partial charge in [0.15, 0.2) is 0 Å². The summed E-state index contributed by atoms with van der Waals surface area (Å²) in [5.41, 5.74) is 0. The molecule has 0 bridgehead atoms. The lowest BCUT2D eigenvalue weighted by atomic mass is 10.1. The highest BCUT2D eigenvalue weighted by Gasteiger charge is 2.10. The summed E-state index contributed by atoms with van der Waals surface area (Å²) in [5.74, 6) is 0. The molecule has 0 saturated carbocycles. The molecule has 2 N–H and O–H groups in total. The Bertz CT molecular complexity index is 271. The number of hydrogen-bond acceptors (Lipinski definition) is 5. The van der Waals surface area contributed by atoms with Crippen LogP contribution in [0.4, 0.5) is 0 Å². The number of hydrogen-bond donors (Lipinski definition) is 2. The average Bonchev–Trinajstić information content (AvgIpc) is 2.50. The minimum Gasteiger partial charge on any atom is -0.324 e. The molecule has 0 radical (unpaired) electrons. The number of unbranched alkanes of at least 4 members (excludes halogenated alkanes) is 9. The Morgan fingerprint density at radius 3 is 1.33 bits per heavy atom. The van der Waals surface area contributed by atoms with Crippen molar-refractivity contribution in [1.82, 2.24) is 5.39 Å². The zero-order valence-electron chi connectivity index (χ0n) is 15.6. The smallest absolute Gasteiger partial charge is 0.324 e. The molecule has 0 aliphatic carbocycles. The van der Waals surface area contributed by atoms with E-state index in [1.165, 1.54) is 66.3 Å². The lowest BCUT2D eigenvalue weighted by Gasteiger charge is -2.10. The predicted molar refractivity (Wildman–Crippen MR) is 102 cm³/mol. The van der Waals surface area contributed by atoms with Crippen molar-refractivity contribution in [1.29, 1.82) is 0 Å². The maximum atomic E-state index is 10.6. The van der Waals surface area contributed by atoms with Gasteiger partial charge in [-0.05, 0) is 6.42 Å². The van der Waals surface area contributed by atoms with Crippen LogP contribution >= 0.6 is 24.6 Å². The Balaban J connectivity index is -0.000000468. The van der Waals surface area contributed by atoms with Crippen LogP contribution in [0.5, 0.6) is 0 Å². The van der Waals surface area contributed by atoms with Crippen LogP contribution in [0.2, 0.25) is 0 Å². The van der Waals surface area contributed by atoms with Gasteiger partial charge < -0.3 is 9.79 Å². The highest BCUT2D eigenvalue weighted by atomic mass is 79.9. The third-order valence-electron chi connectivity index (χ3n) is 3.25. The molecule has 7 nitrogen and oxygen atoms in total. The normalized spacial score (nSPS) is 11.0. The highest BCUT2D eigenvalue weighted by molar-refractivity contribution is 8.93. The van der Waals surface area contributed by atoms with Crippen LogP contribution in [0, 0.1) is 0 Å². The third kappa shape index (κ3) is 27.3. The summed E-state index contributed by atoms with van der Waals surface area (Å²) in [7, 11) is 0.573. The second-order valence-electron chi connectivity index (χ2n) is 5.34. The van der Waals surface area contributed by atoms with Crippen molar-refractivity contribution in [2.24, 2.45) is 0 Å². The highest BCUT2D eigenvalue weighted by Crippen LogP contribution is 2.35. The number of rotatable bonds is 14. The lowest BCUT2D eigenvalue weighted by Crippen LogP contribution is -2.18. The molecule has 24 heavy (non-hydrogen) atoms. The molecule has 0 amide bonds. The standard InChI is InChI=1S/C12H27O3P.C3H9NO3.BrH/c1-2-3-4-5-6-7-8-9-10-11-12-16(13,14)15;1-5-4(6-2)7-3;/h2-12H2,1H3,(H2,13,14,15);1-3H3;1H. The zero-order valence-corrected chi connectivity index (χ0v) is 18.2. The predicted octanol–water partition coefficient (Wildman–Crippen LogP) is 4.64. The van der Waals surface area contributed by atoms with Crippen molar-refractivity contribution in [2.45, 2.75) is 71.1 Å². The monoisotopic (exact) mass is 437 g/mol. The summed E-state index contributed by atoms with van der Waals surface area (Å²) in [6, 6.07) is 0. The Morgan fingerprint density at radius 1 is 0.750 bits per heavy atom. The fourth-order valence-electron chi connectivity index (χ4n) is 2.03. The minimum atomic E-state index is -3.74. The van der Waals surface area contributed by atoms with E-state index in [1.54, 1.807) is 0 Å². The maximum Gasteiger partial charge on any atom is 0.325 e. The minimum absolute atomic E-state index is 0. The van der Waals surface area contributed by atoms with Crippen LogP contribution in [0.15, 0.2) is 0 Å². The largest absolute Gasteiger partial charge is 0.325 e. The van der Waals surface area contributed by atoms with E-state index in [2.05, 4.69) is 21.4 Å². The molecule has 0 atom stereocenters. The molecule has 150 valence electrons. The maximum absolute atomic E-state index is 10.6. The van der Waals surface area contributed by atoms with E-state index < -0.39 is 7.60 Å². The van der Waals surface area contributed by atoms with Gasteiger partial charge in [-0.1, -0.05) is 64.7 Å². The molecule has 0 unspecified atom stereocenters. The van der Waals surface area contributed by atoms with Gasteiger partial charge in [0.25, 0.3) is 0 Å². The van der Waals surface area contributed by atoms with E-state index in [-0.39, 0.29) is 23.1 Å². The van der Waals surface area contributed by atoms with Crippen molar-refractivity contribution < 1.29 is 28.9 Å².